The Morgan fingerprint density at radius 1 is 1.14 bits per heavy atom. The van der Waals surface area contributed by atoms with Crippen LogP contribution in [-0.2, 0) is 22.4 Å². The maximum atomic E-state index is 14.0. The first kappa shape index (κ1) is 28.8. The Bertz CT molecular complexity index is 1680. The van der Waals surface area contributed by atoms with Crippen LogP contribution >= 0.6 is 0 Å². The van der Waals surface area contributed by atoms with Gasteiger partial charge in [-0.1, -0.05) is 30.3 Å². The number of nitrogens with zero attached hydrogens (tertiary/aromatic N) is 4. The Morgan fingerprint density at radius 2 is 1.93 bits per heavy atom. The standard InChI is InChI=1S/C32H35N5O5/c1-20-24(35-31(40)42-32(2,3)4)12-13-25-26(20)29(39)41-30(34-25)37-18-15-22-10-6-7-11-23(22)27(37)28(38)36(5)17-14-21-9-8-16-33-19-21/h6-13,16,19,27H,14-15,17-18H2,1-5H3,(H,35,40). The molecule has 2 amide bonds. The van der Waals surface area contributed by atoms with Gasteiger partial charge in [-0.3, -0.25) is 15.1 Å². The molecule has 2 aromatic carbocycles. The molecular formula is C32H35N5O5. The molecule has 0 saturated carbocycles. The number of carbonyl (C=O) groups is 2. The molecule has 10 heteroatoms. The second-order valence-corrected chi connectivity index (χ2v) is 11.5. The van der Waals surface area contributed by atoms with Crippen molar-refractivity contribution in [3.8, 4) is 0 Å². The van der Waals surface area contributed by atoms with E-state index in [0.29, 0.717) is 42.7 Å². The van der Waals surface area contributed by atoms with Crippen LogP contribution in [0.1, 0.15) is 49.1 Å². The molecule has 0 fully saturated rings. The number of anilines is 2. The van der Waals surface area contributed by atoms with Crippen molar-refractivity contribution in [1.82, 2.24) is 14.9 Å². The van der Waals surface area contributed by atoms with Crippen molar-refractivity contribution in [2.75, 3.05) is 30.4 Å². The van der Waals surface area contributed by atoms with Gasteiger partial charge < -0.3 is 19.0 Å². The highest BCUT2D eigenvalue weighted by Gasteiger charge is 2.37. The van der Waals surface area contributed by atoms with Crippen molar-refractivity contribution in [1.29, 1.82) is 0 Å². The third-order valence-corrected chi connectivity index (χ3v) is 7.28. The maximum Gasteiger partial charge on any atom is 0.412 e. The van der Waals surface area contributed by atoms with Crippen LogP contribution in [0.25, 0.3) is 10.9 Å². The Kier molecular flexibility index (Phi) is 7.98. The summed E-state index contributed by atoms with van der Waals surface area (Å²) >= 11 is 0. The molecule has 0 spiro atoms. The molecule has 218 valence electrons. The van der Waals surface area contributed by atoms with E-state index in [1.807, 2.05) is 36.4 Å². The zero-order chi connectivity index (χ0) is 30.0. The number of benzene rings is 2. The average Bonchev–Trinajstić information content (AvgIpc) is 2.95. The lowest BCUT2D eigenvalue weighted by Crippen LogP contribution is -2.46. The molecule has 0 saturated heterocycles. The van der Waals surface area contributed by atoms with Gasteiger partial charge in [0.1, 0.15) is 11.6 Å². The molecule has 1 aliphatic heterocycles. The van der Waals surface area contributed by atoms with E-state index in [1.54, 1.807) is 69.1 Å². The molecule has 10 nitrogen and oxygen atoms in total. The van der Waals surface area contributed by atoms with Crippen molar-refractivity contribution in [2.24, 2.45) is 0 Å². The highest BCUT2D eigenvalue weighted by atomic mass is 16.6. The first-order valence-electron chi connectivity index (χ1n) is 13.9. The summed E-state index contributed by atoms with van der Waals surface area (Å²) in [7, 11) is 1.78. The third kappa shape index (κ3) is 6.12. The molecule has 0 bridgehead atoms. The number of amides is 2. The van der Waals surface area contributed by atoms with Crippen molar-refractivity contribution >= 4 is 34.6 Å². The lowest BCUT2D eigenvalue weighted by Gasteiger charge is -2.37. The number of nitrogens with one attached hydrogen (secondary N) is 1. The van der Waals surface area contributed by atoms with Gasteiger partial charge in [0.2, 0.25) is 5.91 Å². The SMILES string of the molecule is Cc1c(NC(=O)OC(C)(C)C)ccc2nc(N3CCc4ccccc4C3C(=O)N(C)CCc3cccnc3)oc(=O)c12. The van der Waals surface area contributed by atoms with Crippen LogP contribution in [0.3, 0.4) is 0 Å². The van der Waals surface area contributed by atoms with E-state index in [2.05, 4.69) is 10.3 Å². The fourth-order valence-electron chi connectivity index (χ4n) is 5.18. The molecule has 1 aliphatic rings. The summed E-state index contributed by atoms with van der Waals surface area (Å²) in [6.45, 7) is 7.98. The number of hydrogen-bond acceptors (Lipinski definition) is 8. The van der Waals surface area contributed by atoms with Crippen LogP contribution < -0.4 is 15.8 Å². The predicted molar refractivity (Wildman–Crippen MR) is 161 cm³/mol. The normalized spacial score (nSPS) is 14.8. The van der Waals surface area contributed by atoms with Crippen molar-refractivity contribution in [2.45, 2.75) is 52.2 Å². The second kappa shape index (κ2) is 11.6. The minimum Gasteiger partial charge on any atom is -0.444 e. The summed E-state index contributed by atoms with van der Waals surface area (Å²) in [6, 6.07) is 14.4. The van der Waals surface area contributed by atoms with Gasteiger partial charge in [0.15, 0.2) is 0 Å². The number of carbonyl (C=O) groups excluding carboxylic acids is 2. The summed E-state index contributed by atoms with van der Waals surface area (Å²) in [5.74, 6) is -0.122. The third-order valence-electron chi connectivity index (χ3n) is 7.28. The first-order valence-corrected chi connectivity index (χ1v) is 13.9. The van der Waals surface area contributed by atoms with Gasteiger partial charge in [-0.05, 0) is 81.0 Å². The molecule has 1 N–H and O–H groups in total. The van der Waals surface area contributed by atoms with Crippen molar-refractivity contribution in [3.05, 3.63) is 93.6 Å². The Balaban J connectivity index is 1.47. The molecule has 3 heterocycles. The van der Waals surface area contributed by atoms with E-state index in [0.717, 1.165) is 16.7 Å². The van der Waals surface area contributed by atoms with E-state index in [4.69, 9.17) is 14.1 Å². The first-order chi connectivity index (χ1) is 20.0. The molecule has 1 atom stereocenters. The van der Waals surface area contributed by atoms with Crippen LogP contribution in [0, 0.1) is 6.92 Å². The Hall–Kier alpha value is -4.73. The number of hydrogen-bond donors (Lipinski definition) is 1. The van der Waals surface area contributed by atoms with Crippen molar-refractivity contribution in [3.63, 3.8) is 0 Å². The number of ether oxygens (including phenoxy) is 1. The van der Waals surface area contributed by atoms with Gasteiger partial charge in [-0.2, -0.15) is 4.98 Å². The fourth-order valence-corrected chi connectivity index (χ4v) is 5.18. The Labute approximate surface area is 244 Å². The number of pyridine rings is 1. The molecule has 42 heavy (non-hydrogen) atoms. The smallest absolute Gasteiger partial charge is 0.412 e. The minimum absolute atomic E-state index is 0.0771. The summed E-state index contributed by atoms with van der Waals surface area (Å²) < 4.78 is 11.1. The highest BCUT2D eigenvalue weighted by Crippen LogP contribution is 2.35. The lowest BCUT2D eigenvalue weighted by atomic mass is 9.92. The van der Waals surface area contributed by atoms with Gasteiger partial charge in [0, 0.05) is 38.2 Å². The molecule has 2 aromatic heterocycles. The number of likely N-dealkylation sites (N-methyl/N-ethyl adjacent to an activating group) is 1. The summed E-state index contributed by atoms with van der Waals surface area (Å²) in [5.41, 5.74) is 3.05. The van der Waals surface area contributed by atoms with E-state index in [-0.39, 0.29) is 17.3 Å². The van der Waals surface area contributed by atoms with Crippen LogP contribution in [0.15, 0.2) is 70.1 Å². The summed E-state index contributed by atoms with van der Waals surface area (Å²) in [4.78, 5) is 52.0. The molecule has 0 aliphatic carbocycles. The molecule has 4 aromatic rings. The van der Waals surface area contributed by atoms with Crippen LogP contribution in [0.5, 0.6) is 0 Å². The zero-order valence-electron chi connectivity index (χ0n) is 24.5. The average molecular weight is 570 g/mol. The largest absolute Gasteiger partial charge is 0.444 e. The second-order valence-electron chi connectivity index (χ2n) is 11.5. The molecule has 1 unspecified atom stereocenters. The van der Waals surface area contributed by atoms with Crippen LogP contribution in [0.4, 0.5) is 16.5 Å². The maximum absolute atomic E-state index is 14.0. The van der Waals surface area contributed by atoms with Crippen LogP contribution in [-0.4, -0.2) is 52.6 Å². The fraction of sp³-hybridized carbons (Fsp3) is 0.344. The number of aryl methyl sites for hydroxylation is 1. The highest BCUT2D eigenvalue weighted by molar-refractivity contribution is 5.93. The molecular weight excluding hydrogens is 534 g/mol. The molecule has 0 radical (unpaired) electrons. The zero-order valence-corrected chi connectivity index (χ0v) is 24.5. The quantitative estimate of drug-likeness (QED) is 0.343. The van der Waals surface area contributed by atoms with E-state index < -0.39 is 23.4 Å². The van der Waals surface area contributed by atoms with Crippen LogP contribution in [0.2, 0.25) is 0 Å². The molecule has 5 rings (SSSR count). The van der Waals surface area contributed by atoms with Gasteiger partial charge in [-0.15, -0.1) is 0 Å². The topological polar surface area (TPSA) is 118 Å². The van der Waals surface area contributed by atoms with Gasteiger partial charge >= 0.3 is 17.7 Å². The van der Waals surface area contributed by atoms with E-state index in [1.165, 1.54) is 0 Å². The number of fused-ring (bicyclic) bond motifs is 2. The van der Waals surface area contributed by atoms with Gasteiger partial charge in [-0.25, -0.2) is 9.59 Å². The van der Waals surface area contributed by atoms with Gasteiger partial charge in [0.25, 0.3) is 0 Å². The number of rotatable bonds is 6. The summed E-state index contributed by atoms with van der Waals surface area (Å²) in [6.07, 6.45) is 4.22. The lowest BCUT2D eigenvalue weighted by molar-refractivity contribution is -0.131. The van der Waals surface area contributed by atoms with Crippen molar-refractivity contribution < 1.29 is 18.7 Å². The summed E-state index contributed by atoms with van der Waals surface area (Å²) in [5, 5.41) is 2.95. The monoisotopic (exact) mass is 569 g/mol. The Morgan fingerprint density at radius 3 is 2.67 bits per heavy atom. The van der Waals surface area contributed by atoms with E-state index in [9.17, 15) is 14.4 Å². The van der Waals surface area contributed by atoms with Gasteiger partial charge in [0.05, 0.1) is 10.9 Å². The van der Waals surface area contributed by atoms with E-state index >= 15 is 0 Å². The predicted octanol–water partition coefficient (Wildman–Crippen LogP) is 5.04. The minimum atomic E-state index is -0.712. The number of aromatic nitrogens is 2.